The zero-order valence-electron chi connectivity index (χ0n) is 13.4. The van der Waals surface area contributed by atoms with Gasteiger partial charge in [-0.3, -0.25) is 0 Å². The number of benzene rings is 1. The maximum absolute atomic E-state index is 5.80. The lowest BCUT2D eigenvalue weighted by Crippen LogP contribution is -2.35. The number of ether oxygens (including phenoxy) is 2. The van der Waals surface area contributed by atoms with Gasteiger partial charge in [0.1, 0.15) is 0 Å². The minimum absolute atomic E-state index is 0.407. The Balaban J connectivity index is 1.91. The Labute approximate surface area is 129 Å². The van der Waals surface area contributed by atoms with Crippen LogP contribution in [0.25, 0.3) is 0 Å². The molecule has 0 spiro atoms. The summed E-state index contributed by atoms with van der Waals surface area (Å²) in [5.41, 5.74) is 2.50. The van der Waals surface area contributed by atoms with Crippen LogP contribution in [-0.2, 0) is 9.47 Å². The largest absolute Gasteiger partial charge is 0.382 e. The predicted octanol–water partition coefficient (Wildman–Crippen LogP) is 4.02. The minimum Gasteiger partial charge on any atom is -0.382 e. The SMILES string of the molecule is COCCOCC(Nc1ccc(C)cc1)C1CCCCC1. The third-order valence-electron chi connectivity index (χ3n) is 4.35. The highest BCUT2D eigenvalue weighted by molar-refractivity contribution is 5.45. The number of hydrogen-bond acceptors (Lipinski definition) is 3. The van der Waals surface area contributed by atoms with E-state index in [0.717, 1.165) is 12.5 Å². The molecule has 1 aromatic rings. The van der Waals surface area contributed by atoms with Crippen molar-refractivity contribution in [2.75, 3.05) is 32.2 Å². The first kappa shape index (κ1) is 16.3. The average molecular weight is 291 g/mol. The highest BCUT2D eigenvalue weighted by Gasteiger charge is 2.23. The van der Waals surface area contributed by atoms with Gasteiger partial charge in [0.15, 0.2) is 0 Å². The van der Waals surface area contributed by atoms with Gasteiger partial charge in [0, 0.05) is 12.8 Å². The van der Waals surface area contributed by atoms with E-state index in [1.807, 2.05) is 0 Å². The standard InChI is InChI=1S/C18H29NO2/c1-15-8-10-17(11-9-15)19-18(14-21-13-12-20-2)16-6-4-3-5-7-16/h8-11,16,18-19H,3-7,12-14H2,1-2H3. The highest BCUT2D eigenvalue weighted by atomic mass is 16.5. The van der Waals surface area contributed by atoms with Crippen LogP contribution in [0.2, 0.25) is 0 Å². The Morgan fingerprint density at radius 1 is 1.10 bits per heavy atom. The molecule has 1 aliphatic rings. The summed E-state index contributed by atoms with van der Waals surface area (Å²) in [6.45, 7) is 4.23. The molecule has 1 aliphatic carbocycles. The number of methoxy groups -OCH3 is 1. The summed E-state index contributed by atoms with van der Waals surface area (Å²) in [6, 6.07) is 9.06. The molecule has 1 N–H and O–H groups in total. The molecular formula is C18H29NO2. The van der Waals surface area contributed by atoms with Crippen LogP contribution in [0.3, 0.4) is 0 Å². The lowest BCUT2D eigenvalue weighted by Gasteiger charge is -2.31. The van der Waals surface area contributed by atoms with Crippen molar-refractivity contribution in [3.8, 4) is 0 Å². The zero-order valence-corrected chi connectivity index (χ0v) is 13.4. The number of anilines is 1. The smallest absolute Gasteiger partial charge is 0.0701 e. The molecule has 3 nitrogen and oxygen atoms in total. The first-order valence-corrected chi connectivity index (χ1v) is 8.19. The van der Waals surface area contributed by atoms with Gasteiger partial charge >= 0.3 is 0 Å². The second-order valence-corrected chi connectivity index (χ2v) is 6.08. The number of hydrogen-bond donors (Lipinski definition) is 1. The molecule has 118 valence electrons. The summed E-state index contributed by atoms with van der Waals surface area (Å²) < 4.78 is 10.9. The van der Waals surface area contributed by atoms with E-state index < -0.39 is 0 Å². The van der Waals surface area contributed by atoms with Gasteiger partial charge in [0.05, 0.1) is 25.9 Å². The topological polar surface area (TPSA) is 30.5 Å². The molecule has 0 heterocycles. The van der Waals surface area contributed by atoms with Crippen LogP contribution >= 0.6 is 0 Å². The van der Waals surface area contributed by atoms with E-state index in [2.05, 4.69) is 36.5 Å². The molecular weight excluding hydrogens is 262 g/mol. The van der Waals surface area contributed by atoms with Crippen molar-refractivity contribution in [1.82, 2.24) is 0 Å². The summed E-state index contributed by atoms with van der Waals surface area (Å²) in [5.74, 6) is 0.725. The fourth-order valence-corrected chi connectivity index (χ4v) is 3.05. The zero-order chi connectivity index (χ0) is 14.9. The molecule has 0 radical (unpaired) electrons. The normalized spacial score (nSPS) is 17.6. The summed E-state index contributed by atoms with van der Waals surface area (Å²) in [7, 11) is 1.71. The van der Waals surface area contributed by atoms with Crippen molar-refractivity contribution < 1.29 is 9.47 Å². The Kier molecular flexibility index (Phi) is 7.04. The molecule has 1 atom stereocenters. The van der Waals surface area contributed by atoms with Crippen LogP contribution in [0.4, 0.5) is 5.69 Å². The van der Waals surface area contributed by atoms with Crippen molar-refractivity contribution in [2.24, 2.45) is 5.92 Å². The van der Waals surface area contributed by atoms with Crippen LogP contribution in [-0.4, -0.2) is 33.0 Å². The Hall–Kier alpha value is -1.06. The summed E-state index contributed by atoms with van der Waals surface area (Å²) in [6.07, 6.45) is 6.73. The molecule has 1 fully saturated rings. The monoisotopic (exact) mass is 291 g/mol. The van der Waals surface area contributed by atoms with Gasteiger partial charge in [-0.25, -0.2) is 0 Å². The average Bonchev–Trinajstić information content (AvgIpc) is 2.53. The molecule has 0 aromatic heterocycles. The Bertz CT molecular complexity index is 385. The van der Waals surface area contributed by atoms with E-state index in [1.165, 1.54) is 43.4 Å². The summed E-state index contributed by atoms with van der Waals surface area (Å²) >= 11 is 0. The van der Waals surface area contributed by atoms with E-state index in [0.29, 0.717) is 19.3 Å². The van der Waals surface area contributed by atoms with Crippen LogP contribution < -0.4 is 5.32 Å². The lowest BCUT2D eigenvalue weighted by atomic mass is 9.84. The minimum atomic E-state index is 0.407. The first-order valence-electron chi connectivity index (χ1n) is 8.19. The van der Waals surface area contributed by atoms with Crippen molar-refractivity contribution in [3.63, 3.8) is 0 Å². The van der Waals surface area contributed by atoms with Crippen LogP contribution in [0.15, 0.2) is 24.3 Å². The predicted molar refractivity (Wildman–Crippen MR) is 87.9 cm³/mol. The van der Waals surface area contributed by atoms with Gasteiger partial charge in [-0.1, -0.05) is 37.0 Å². The molecule has 0 saturated heterocycles. The molecule has 21 heavy (non-hydrogen) atoms. The van der Waals surface area contributed by atoms with Crippen LogP contribution in [0.5, 0.6) is 0 Å². The van der Waals surface area contributed by atoms with E-state index in [9.17, 15) is 0 Å². The van der Waals surface area contributed by atoms with Gasteiger partial charge in [-0.05, 0) is 37.8 Å². The quantitative estimate of drug-likeness (QED) is 0.734. The lowest BCUT2D eigenvalue weighted by molar-refractivity contribution is 0.0558. The second-order valence-electron chi connectivity index (χ2n) is 6.08. The number of rotatable bonds is 8. The van der Waals surface area contributed by atoms with E-state index in [4.69, 9.17) is 9.47 Å². The third kappa shape index (κ3) is 5.68. The Morgan fingerprint density at radius 3 is 2.48 bits per heavy atom. The third-order valence-corrected chi connectivity index (χ3v) is 4.35. The molecule has 1 saturated carbocycles. The molecule has 0 amide bonds. The molecule has 1 aromatic carbocycles. The van der Waals surface area contributed by atoms with Gasteiger partial charge in [0.2, 0.25) is 0 Å². The van der Waals surface area contributed by atoms with Gasteiger partial charge in [-0.15, -0.1) is 0 Å². The number of nitrogens with one attached hydrogen (secondary N) is 1. The molecule has 1 unspecified atom stereocenters. The maximum Gasteiger partial charge on any atom is 0.0701 e. The van der Waals surface area contributed by atoms with Crippen molar-refractivity contribution in [3.05, 3.63) is 29.8 Å². The van der Waals surface area contributed by atoms with E-state index >= 15 is 0 Å². The van der Waals surface area contributed by atoms with Gasteiger partial charge < -0.3 is 14.8 Å². The van der Waals surface area contributed by atoms with Crippen LogP contribution in [0, 0.1) is 12.8 Å². The van der Waals surface area contributed by atoms with Crippen LogP contribution in [0.1, 0.15) is 37.7 Å². The fraction of sp³-hybridized carbons (Fsp3) is 0.667. The highest BCUT2D eigenvalue weighted by Crippen LogP contribution is 2.28. The van der Waals surface area contributed by atoms with Crippen molar-refractivity contribution in [1.29, 1.82) is 0 Å². The number of aryl methyl sites for hydroxylation is 1. The fourth-order valence-electron chi connectivity index (χ4n) is 3.05. The first-order chi connectivity index (χ1) is 10.3. The maximum atomic E-state index is 5.80. The molecule has 0 bridgehead atoms. The second kappa shape index (κ2) is 9.06. The van der Waals surface area contributed by atoms with E-state index in [-0.39, 0.29) is 0 Å². The van der Waals surface area contributed by atoms with Crippen molar-refractivity contribution >= 4 is 5.69 Å². The molecule has 0 aliphatic heterocycles. The summed E-state index contributed by atoms with van der Waals surface area (Å²) in [4.78, 5) is 0. The van der Waals surface area contributed by atoms with Gasteiger partial charge in [-0.2, -0.15) is 0 Å². The molecule has 3 heteroatoms. The summed E-state index contributed by atoms with van der Waals surface area (Å²) in [5, 5.41) is 3.69. The molecule has 2 rings (SSSR count). The van der Waals surface area contributed by atoms with Gasteiger partial charge in [0.25, 0.3) is 0 Å². The van der Waals surface area contributed by atoms with E-state index in [1.54, 1.807) is 7.11 Å². The Morgan fingerprint density at radius 2 is 1.81 bits per heavy atom. The van der Waals surface area contributed by atoms with Crippen molar-refractivity contribution in [2.45, 2.75) is 45.1 Å².